The molecule has 3 heterocycles. The second kappa shape index (κ2) is 10.3. The van der Waals surface area contributed by atoms with Crippen LogP contribution in [-0.2, 0) is 19.5 Å². The molecule has 0 amide bonds. The van der Waals surface area contributed by atoms with Crippen molar-refractivity contribution >= 4 is 23.1 Å². The Morgan fingerprint density at radius 3 is 2.41 bits per heavy atom. The zero-order valence-electron chi connectivity index (χ0n) is 16.5. The Hall–Kier alpha value is -2.08. The van der Waals surface area contributed by atoms with E-state index in [1.54, 1.807) is 0 Å². The molecule has 0 radical (unpaired) electrons. The lowest BCUT2D eigenvalue weighted by molar-refractivity contribution is 0.726. The van der Waals surface area contributed by atoms with E-state index in [0.717, 1.165) is 44.4 Å². The molecular formula is C21H31N5S. The first-order valence-electron chi connectivity index (χ1n) is 10.0. The smallest absolute Gasteiger partial charge is 0.191 e. The highest BCUT2D eigenvalue weighted by molar-refractivity contribution is 7.11. The number of aliphatic imine (C=N–C) groups is 1. The minimum atomic E-state index is 0.720. The number of nitrogens with one attached hydrogen (secondary N) is 2. The predicted octanol–water partition coefficient (Wildman–Crippen LogP) is 3.95. The molecule has 2 aromatic rings. The quantitative estimate of drug-likeness (QED) is 0.584. The molecule has 0 unspecified atom stereocenters. The summed E-state index contributed by atoms with van der Waals surface area (Å²) in [5, 5.41) is 6.76. The van der Waals surface area contributed by atoms with E-state index >= 15 is 0 Å². The normalized spacial score (nSPS) is 15.5. The van der Waals surface area contributed by atoms with E-state index in [2.05, 4.69) is 56.7 Å². The molecule has 0 aromatic carbocycles. The molecule has 146 valence electrons. The number of nitrogens with zero attached hydrogens (tertiary/aromatic N) is 3. The van der Waals surface area contributed by atoms with Gasteiger partial charge in [-0.25, -0.2) is 4.98 Å². The van der Waals surface area contributed by atoms with Gasteiger partial charge in [0.15, 0.2) is 5.96 Å². The molecule has 1 aliphatic heterocycles. The molecule has 3 rings (SSSR count). The van der Waals surface area contributed by atoms with Crippen molar-refractivity contribution in [1.29, 1.82) is 0 Å². The molecule has 0 bridgehead atoms. The van der Waals surface area contributed by atoms with Gasteiger partial charge in [-0.15, -0.1) is 11.3 Å². The van der Waals surface area contributed by atoms with E-state index in [-0.39, 0.29) is 0 Å². The summed E-state index contributed by atoms with van der Waals surface area (Å²) in [7, 11) is 1.81. The third kappa shape index (κ3) is 5.96. The number of aromatic nitrogens is 1. The van der Waals surface area contributed by atoms with E-state index in [1.165, 1.54) is 41.0 Å². The first-order chi connectivity index (χ1) is 13.3. The summed E-state index contributed by atoms with van der Waals surface area (Å²) in [5.74, 6) is 1.92. The van der Waals surface area contributed by atoms with Gasteiger partial charge in [-0.1, -0.05) is 25.8 Å². The Bertz CT molecular complexity index is 714. The van der Waals surface area contributed by atoms with Crippen LogP contribution >= 0.6 is 11.3 Å². The van der Waals surface area contributed by atoms with Crippen LogP contribution in [0.5, 0.6) is 0 Å². The first-order valence-corrected chi connectivity index (χ1v) is 10.8. The number of anilines is 1. The van der Waals surface area contributed by atoms with Crippen molar-refractivity contribution in [3.63, 3.8) is 0 Å². The summed E-state index contributed by atoms with van der Waals surface area (Å²) in [4.78, 5) is 14.2. The number of rotatable bonds is 6. The maximum Gasteiger partial charge on any atom is 0.191 e. The molecule has 2 N–H and O–H groups in total. The average Bonchev–Trinajstić information content (AvgIpc) is 3.00. The monoisotopic (exact) mass is 385 g/mol. The maximum atomic E-state index is 4.68. The number of thiophene rings is 1. The highest BCUT2D eigenvalue weighted by atomic mass is 32.1. The van der Waals surface area contributed by atoms with Gasteiger partial charge < -0.3 is 15.5 Å². The van der Waals surface area contributed by atoms with Crippen molar-refractivity contribution < 1.29 is 0 Å². The Morgan fingerprint density at radius 2 is 1.78 bits per heavy atom. The van der Waals surface area contributed by atoms with E-state index in [0.29, 0.717) is 0 Å². The van der Waals surface area contributed by atoms with Gasteiger partial charge in [-0.05, 0) is 43.0 Å². The lowest BCUT2D eigenvalue weighted by Gasteiger charge is -2.21. The van der Waals surface area contributed by atoms with Crippen LogP contribution in [0, 0.1) is 0 Å². The predicted molar refractivity (Wildman–Crippen MR) is 116 cm³/mol. The average molecular weight is 386 g/mol. The second-order valence-electron chi connectivity index (χ2n) is 6.93. The molecule has 6 heteroatoms. The van der Waals surface area contributed by atoms with Gasteiger partial charge in [0.05, 0.1) is 6.54 Å². The lowest BCUT2D eigenvalue weighted by atomic mass is 10.2. The molecule has 2 aromatic heterocycles. The van der Waals surface area contributed by atoms with Crippen LogP contribution in [0.25, 0.3) is 0 Å². The first kappa shape index (κ1) is 19.7. The summed E-state index contributed by atoms with van der Waals surface area (Å²) in [5.41, 5.74) is 1.17. The van der Waals surface area contributed by atoms with E-state index in [4.69, 9.17) is 0 Å². The highest BCUT2D eigenvalue weighted by Crippen LogP contribution is 2.18. The van der Waals surface area contributed by atoms with Crippen molar-refractivity contribution in [3.05, 3.63) is 45.8 Å². The summed E-state index contributed by atoms with van der Waals surface area (Å²) < 4.78 is 0. The third-order valence-electron chi connectivity index (χ3n) is 4.92. The van der Waals surface area contributed by atoms with Crippen molar-refractivity contribution in [2.24, 2.45) is 4.99 Å². The second-order valence-corrected chi connectivity index (χ2v) is 8.18. The fourth-order valence-corrected chi connectivity index (χ4v) is 4.19. The number of guanidine groups is 1. The van der Waals surface area contributed by atoms with E-state index in [9.17, 15) is 0 Å². The van der Waals surface area contributed by atoms with Gasteiger partial charge >= 0.3 is 0 Å². The van der Waals surface area contributed by atoms with Crippen LogP contribution in [0.1, 0.15) is 47.9 Å². The number of hydrogen-bond donors (Lipinski definition) is 2. The van der Waals surface area contributed by atoms with Gasteiger partial charge in [0.25, 0.3) is 0 Å². The van der Waals surface area contributed by atoms with Gasteiger partial charge in [-0.3, -0.25) is 4.99 Å². The van der Waals surface area contributed by atoms with Crippen molar-refractivity contribution in [1.82, 2.24) is 15.6 Å². The summed E-state index contributed by atoms with van der Waals surface area (Å²) >= 11 is 1.86. The lowest BCUT2D eigenvalue weighted by Crippen LogP contribution is -2.36. The minimum Gasteiger partial charge on any atom is -0.357 e. The Kier molecular flexibility index (Phi) is 7.51. The number of pyridine rings is 1. The van der Waals surface area contributed by atoms with Crippen LogP contribution in [0.2, 0.25) is 0 Å². The van der Waals surface area contributed by atoms with Gasteiger partial charge in [0.2, 0.25) is 0 Å². The van der Waals surface area contributed by atoms with Crippen LogP contribution < -0.4 is 15.5 Å². The molecule has 27 heavy (non-hydrogen) atoms. The summed E-state index contributed by atoms with van der Waals surface area (Å²) in [6.07, 6.45) is 8.31. The Balaban J connectivity index is 1.47. The van der Waals surface area contributed by atoms with Crippen LogP contribution in [-0.4, -0.2) is 31.1 Å². The minimum absolute atomic E-state index is 0.720. The molecule has 1 aliphatic rings. The molecule has 1 saturated heterocycles. The van der Waals surface area contributed by atoms with Crippen LogP contribution in [0.4, 0.5) is 5.82 Å². The van der Waals surface area contributed by atoms with Crippen LogP contribution in [0.15, 0.2) is 35.5 Å². The van der Waals surface area contributed by atoms with Crippen molar-refractivity contribution in [3.8, 4) is 0 Å². The highest BCUT2D eigenvalue weighted by Gasteiger charge is 2.10. The summed E-state index contributed by atoms with van der Waals surface area (Å²) in [6.45, 7) is 5.97. The topological polar surface area (TPSA) is 52.6 Å². The SMILES string of the molecule is CCc1ccc(CNC(=NC)NCc2ccc(N3CCCCCC3)nc2)s1. The van der Waals surface area contributed by atoms with E-state index in [1.807, 2.05) is 24.6 Å². The van der Waals surface area contributed by atoms with Gasteiger partial charge in [0, 0.05) is 42.6 Å². The molecule has 0 saturated carbocycles. The zero-order chi connectivity index (χ0) is 18.9. The third-order valence-corrected chi connectivity index (χ3v) is 6.15. The number of hydrogen-bond acceptors (Lipinski definition) is 4. The molecule has 0 atom stereocenters. The Morgan fingerprint density at radius 1 is 1.04 bits per heavy atom. The fourth-order valence-electron chi connectivity index (χ4n) is 3.29. The van der Waals surface area contributed by atoms with Crippen LogP contribution in [0.3, 0.4) is 0 Å². The molecule has 1 fully saturated rings. The molecular weight excluding hydrogens is 354 g/mol. The molecule has 0 spiro atoms. The van der Waals surface area contributed by atoms with E-state index < -0.39 is 0 Å². The van der Waals surface area contributed by atoms with Crippen molar-refractivity contribution in [2.75, 3.05) is 25.0 Å². The largest absolute Gasteiger partial charge is 0.357 e. The zero-order valence-corrected chi connectivity index (χ0v) is 17.3. The van der Waals surface area contributed by atoms with Crippen molar-refractivity contribution in [2.45, 2.75) is 52.1 Å². The summed E-state index contributed by atoms with van der Waals surface area (Å²) in [6, 6.07) is 8.71. The Labute approximate surface area is 166 Å². The molecule has 5 nitrogen and oxygen atoms in total. The standard InChI is InChI=1S/C21H31N5S/c1-3-18-9-10-19(27-18)16-25-21(22-2)24-15-17-8-11-20(23-14-17)26-12-6-4-5-7-13-26/h8-11,14H,3-7,12-13,15-16H2,1-2H3,(H2,22,24,25). The fraction of sp³-hybridized carbons (Fsp3) is 0.524. The maximum absolute atomic E-state index is 4.68. The van der Waals surface area contributed by atoms with Gasteiger partial charge in [-0.2, -0.15) is 0 Å². The van der Waals surface area contributed by atoms with Gasteiger partial charge in [0.1, 0.15) is 5.82 Å². The molecule has 0 aliphatic carbocycles. The number of aryl methyl sites for hydroxylation is 1.